The Kier molecular flexibility index (Phi) is 8.40. The number of nitrogens with zero attached hydrogens (tertiary/aromatic N) is 3. The van der Waals surface area contributed by atoms with Crippen molar-refractivity contribution in [2.45, 2.75) is 65.3 Å². The summed E-state index contributed by atoms with van der Waals surface area (Å²) in [6, 6.07) is 0. The van der Waals surface area contributed by atoms with E-state index in [2.05, 4.69) is 23.8 Å². The lowest BCUT2D eigenvalue weighted by molar-refractivity contribution is -0.138. The number of carbonyl (C=O) groups is 1. The normalized spacial score (nSPS) is 10.6. The third kappa shape index (κ3) is 7.06. The van der Waals surface area contributed by atoms with E-state index in [0.29, 0.717) is 18.6 Å². The van der Waals surface area contributed by atoms with Gasteiger partial charge in [0, 0.05) is 18.5 Å². The highest BCUT2D eigenvalue weighted by atomic mass is 16.5. The molecule has 0 saturated carbocycles. The molecule has 0 bridgehead atoms. The van der Waals surface area contributed by atoms with Crippen LogP contribution >= 0.6 is 0 Å². The van der Waals surface area contributed by atoms with Crippen molar-refractivity contribution in [2.24, 2.45) is 0 Å². The molecule has 0 radical (unpaired) electrons. The van der Waals surface area contributed by atoms with Gasteiger partial charge in [-0.15, -0.1) is 5.10 Å². The number of aryl methyl sites for hydroxylation is 1. The number of rotatable bonds is 11. The van der Waals surface area contributed by atoms with E-state index < -0.39 is 0 Å². The molecule has 5 heteroatoms. The molecule has 0 fully saturated rings. The highest BCUT2D eigenvalue weighted by Gasteiger charge is 2.07. The second-order valence-corrected chi connectivity index (χ2v) is 5.38. The Hall–Kier alpha value is -1.65. The Labute approximate surface area is 127 Å². The van der Waals surface area contributed by atoms with Gasteiger partial charge in [-0.2, -0.15) is 0 Å². The predicted octanol–water partition coefficient (Wildman–Crippen LogP) is 3.30. The van der Waals surface area contributed by atoms with E-state index in [-0.39, 0.29) is 5.97 Å². The monoisotopic (exact) mass is 293 g/mol. The first-order valence-electron chi connectivity index (χ1n) is 7.85. The highest BCUT2D eigenvalue weighted by Crippen LogP contribution is 2.07. The average molecular weight is 293 g/mol. The van der Waals surface area contributed by atoms with E-state index in [9.17, 15) is 4.79 Å². The van der Waals surface area contributed by atoms with Crippen molar-refractivity contribution in [3.8, 4) is 0 Å². The number of esters is 1. The molecule has 0 spiro atoms. The van der Waals surface area contributed by atoms with Gasteiger partial charge in [-0.1, -0.05) is 50.8 Å². The summed E-state index contributed by atoms with van der Waals surface area (Å²) in [4.78, 5) is 11.3. The standard InChI is InChI=1S/C16H27N3O2/c1-4-5-6-7-8-9-11-19-15(13-17-18-19)10-12-21-16(20)14(2)3/h13H,2,4-12H2,1,3H3. The second-order valence-electron chi connectivity index (χ2n) is 5.38. The molecule has 0 aliphatic rings. The summed E-state index contributed by atoms with van der Waals surface area (Å²) >= 11 is 0. The van der Waals surface area contributed by atoms with Gasteiger partial charge in [0.2, 0.25) is 0 Å². The van der Waals surface area contributed by atoms with Crippen LogP contribution in [0, 0.1) is 0 Å². The molecular weight excluding hydrogens is 266 g/mol. The van der Waals surface area contributed by atoms with E-state index in [1.165, 1.54) is 32.1 Å². The van der Waals surface area contributed by atoms with Gasteiger partial charge < -0.3 is 4.74 Å². The van der Waals surface area contributed by atoms with Crippen LogP contribution < -0.4 is 0 Å². The molecule has 0 atom stereocenters. The van der Waals surface area contributed by atoms with Crippen molar-refractivity contribution in [3.05, 3.63) is 24.0 Å². The van der Waals surface area contributed by atoms with Crippen LogP contribution in [0.5, 0.6) is 0 Å². The third-order valence-corrected chi connectivity index (χ3v) is 3.36. The van der Waals surface area contributed by atoms with Crippen molar-refractivity contribution in [1.82, 2.24) is 15.0 Å². The van der Waals surface area contributed by atoms with Crippen LogP contribution in [0.1, 0.15) is 58.1 Å². The molecule has 0 aliphatic heterocycles. The van der Waals surface area contributed by atoms with Crippen LogP contribution in [0.25, 0.3) is 0 Å². The number of hydrogen-bond acceptors (Lipinski definition) is 4. The predicted molar refractivity (Wildman–Crippen MR) is 82.9 cm³/mol. The summed E-state index contributed by atoms with van der Waals surface area (Å²) in [5, 5.41) is 8.03. The maximum Gasteiger partial charge on any atom is 0.333 e. The minimum Gasteiger partial charge on any atom is -0.462 e. The minimum atomic E-state index is -0.343. The lowest BCUT2D eigenvalue weighted by atomic mass is 10.1. The molecule has 0 unspecified atom stereocenters. The number of aromatic nitrogens is 3. The molecule has 1 aromatic heterocycles. The molecule has 1 aromatic rings. The topological polar surface area (TPSA) is 57.0 Å². The molecule has 1 heterocycles. The summed E-state index contributed by atoms with van der Waals surface area (Å²) in [5.41, 5.74) is 1.44. The van der Waals surface area contributed by atoms with E-state index >= 15 is 0 Å². The van der Waals surface area contributed by atoms with Gasteiger partial charge in [0.25, 0.3) is 0 Å². The molecule has 0 N–H and O–H groups in total. The van der Waals surface area contributed by atoms with E-state index in [4.69, 9.17) is 4.74 Å². The summed E-state index contributed by atoms with van der Waals surface area (Å²) in [5.74, 6) is -0.343. The van der Waals surface area contributed by atoms with Crippen LogP contribution in [0.15, 0.2) is 18.3 Å². The smallest absolute Gasteiger partial charge is 0.333 e. The fourth-order valence-corrected chi connectivity index (χ4v) is 2.07. The van der Waals surface area contributed by atoms with Gasteiger partial charge in [-0.3, -0.25) is 0 Å². The zero-order valence-corrected chi connectivity index (χ0v) is 13.3. The molecule has 118 valence electrons. The fourth-order valence-electron chi connectivity index (χ4n) is 2.07. The summed E-state index contributed by atoms with van der Waals surface area (Å²) in [7, 11) is 0. The van der Waals surface area contributed by atoms with Crippen molar-refractivity contribution in [3.63, 3.8) is 0 Å². The van der Waals surface area contributed by atoms with Gasteiger partial charge in [-0.25, -0.2) is 9.48 Å². The van der Waals surface area contributed by atoms with Crippen LogP contribution in [0.3, 0.4) is 0 Å². The number of hydrogen-bond donors (Lipinski definition) is 0. The van der Waals surface area contributed by atoms with Crippen molar-refractivity contribution in [1.29, 1.82) is 0 Å². The first kappa shape index (κ1) is 17.4. The van der Waals surface area contributed by atoms with Crippen LogP contribution in [0.4, 0.5) is 0 Å². The summed E-state index contributed by atoms with van der Waals surface area (Å²) in [6.07, 6.45) is 9.92. The molecule has 0 aliphatic carbocycles. The van der Waals surface area contributed by atoms with Crippen LogP contribution in [-0.2, 0) is 22.5 Å². The number of carbonyl (C=O) groups excluding carboxylic acids is 1. The van der Waals surface area contributed by atoms with E-state index in [1.54, 1.807) is 13.1 Å². The quantitative estimate of drug-likeness (QED) is 0.357. The molecular formula is C16H27N3O2. The molecule has 0 amide bonds. The average Bonchev–Trinajstić information content (AvgIpc) is 2.90. The van der Waals surface area contributed by atoms with Crippen molar-refractivity contribution in [2.75, 3.05) is 6.61 Å². The molecule has 21 heavy (non-hydrogen) atoms. The summed E-state index contributed by atoms with van der Waals surface area (Å²) in [6.45, 7) is 8.65. The minimum absolute atomic E-state index is 0.343. The lowest BCUT2D eigenvalue weighted by Gasteiger charge is -2.07. The SMILES string of the molecule is C=C(C)C(=O)OCCc1cnnn1CCCCCCCC. The van der Waals surface area contributed by atoms with Gasteiger partial charge in [0.15, 0.2) is 0 Å². The van der Waals surface area contributed by atoms with Gasteiger partial charge in [0.05, 0.1) is 18.5 Å². The second kappa shape index (κ2) is 10.1. The van der Waals surface area contributed by atoms with Gasteiger partial charge in [0.1, 0.15) is 0 Å². The Balaban J connectivity index is 2.23. The van der Waals surface area contributed by atoms with Crippen molar-refractivity contribution < 1.29 is 9.53 Å². The maximum atomic E-state index is 11.3. The van der Waals surface area contributed by atoms with E-state index in [0.717, 1.165) is 18.7 Å². The largest absolute Gasteiger partial charge is 0.462 e. The Morgan fingerprint density at radius 3 is 2.71 bits per heavy atom. The van der Waals surface area contributed by atoms with Crippen LogP contribution in [0.2, 0.25) is 0 Å². The molecule has 1 rings (SSSR count). The zero-order valence-electron chi connectivity index (χ0n) is 13.3. The van der Waals surface area contributed by atoms with E-state index in [1.807, 2.05) is 4.68 Å². The zero-order chi connectivity index (χ0) is 15.5. The van der Waals surface area contributed by atoms with Gasteiger partial charge >= 0.3 is 5.97 Å². The first-order valence-corrected chi connectivity index (χ1v) is 7.85. The van der Waals surface area contributed by atoms with Crippen LogP contribution in [-0.4, -0.2) is 27.6 Å². The summed E-state index contributed by atoms with van der Waals surface area (Å²) < 4.78 is 7.01. The lowest BCUT2D eigenvalue weighted by Crippen LogP contribution is -2.11. The van der Waals surface area contributed by atoms with Gasteiger partial charge in [-0.05, 0) is 13.3 Å². The van der Waals surface area contributed by atoms with Crippen molar-refractivity contribution >= 4 is 5.97 Å². The highest BCUT2D eigenvalue weighted by molar-refractivity contribution is 5.86. The molecule has 0 saturated heterocycles. The Bertz CT molecular complexity index is 440. The maximum absolute atomic E-state index is 11.3. The Morgan fingerprint density at radius 2 is 2.00 bits per heavy atom. The number of unbranched alkanes of at least 4 members (excludes halogenated alkanes) is 5. The number of ether oxygens (including phenoxy) is 1. The molecule has 0 aromatic carbocycles. The third-order valence-electron chi connectivity index (χ3n) is 3.36. The fraction of sp³-hybridized carbons (Fsp3) is 0.688. The first-order chi connectivity index (χ1) is 10.1. The Morgan fingerprint density at radius 1 is 1.29 bits per heavy atom. The molecule has 5 nitrogen and oxygen atoms in total.